The van der Waals surface area contributed by atoms with Crippen molar-refractivity contribution in [3.05, 3.63) is 0 Å². The third kappa shape index (κ3) is 9.83. The summed E-state index contributed by atoms with van der Waals surface area (Å²) in [6.07, 6.45) is 0.362. The third-order valence-electron chi connectivity index (χ3n) is 3.12. The van der Waals surface area contributed by atoms with Crippen LogP contribution in [0.2, 0.25) is 0 Å². The molecule has 0 N–H and O–H groups in total. The van der Waals surface area contributed by atoms with E-state index in [1.54, 1.807) is 0 Å². The first kappa shape index (κ1) is 19.4. The van der Waals surface area contributed by atoms with Crippen molar-refractivity contribution >= 4 is 0 Å². The van der Waals surface area contributed by atoms with Crippen LogP contribution in [0.5, 0.6) is 0 Å². The minimum atomic E-state index is 0.181. The van der Waals surface area contributed by atoms with E-state index in [9.17, 15) is 0 Å². The van der Waals surface area contributed by atoms with Gasteiger partial charge in [0, 0.05) is 0 Å². The van der Waals surface area contributed by atoms with E-state index >= 15 is 0 Å². The second-order valence-electron chi connectivity index (χ2n) is 4.79. The van der Waals surface area contributed by atoms with Gasteiger partial charge in [-0.25, -0.2) is 0 Å². The van der Waals surface area contributed by atoms with Gasteiger partial charge in [-0.15, -0.1) is 0 Å². The van der Waals surface area contributed by atoms with E-state index in [4.69, 9.17) is 7.64 Å². The number of hydrogen-bond donors (Lipinski definition) is 0. The van der Waals surface area contributed by atoms with E-state index in [-0.39, 0.29) is 12.2 Å². The molecule has 0 aromatic rings. The molecule has 121 valence electrons. The molecule has 0 bridgehead atoms. The second-order valence-corrected chi connectivity index (χ2v) is 5.39. The Kier molecular flexibility index (Phi) is 12.4. The Morgan fingerprint density at radius 3 is 1.32 bits per heavy atom. The van der Waals surface area contributed by atoms with Gasteiger partial charge in [-0.2, -0.15) is 0 Å². The second kappa shape index (κ2) is 12.1. The number of likely N-dealkylation sites (N-methyl/N-ethyl adjacent to an activating group) is 2. The van der Waals surface area contributed by atoms with Gasteiger partial charge in [0.05, 0.1) is 0 Å². The molecule has 0 spiro atoms. The topological polar surface area (TPSA) is 24.9 Å². The van der Waals surface area contributed by atoms with Crippen LogP contribution in [0.25, 0.3) is 0 Å². The summed E-state index contributed by atoms with van der Waals surface area (Å²) in [5.74, 6) is 0. The van der Waals surface area contributed by atoms with Crippen LogP contribution in [0.15, 0.2) is 0 Å². The van der Waals surface area contributed by atoms with Crippen molar-refractivity contribution in [1.29, 1.82) is 0 Å². The van der Waals surface area contributed by atoms with Crippen molar-refractivity contribution in [3.8, 4) is 0 Å². The third-order valence-corrected chi connectivity index (χ3v) is 4.06. The Labute approximate surface area is 126 Å². The Bertz CT molecular complexity index is 180. The minimum absolute atomic E-state index is 0.181. The fraction of sp³-hybridized carbons (Fsp3) is 1.00. The van der Waals surface area contributed by atoms with E-state index in [1.165, 1.54) is 15.6 Å². The van der Waals surface area contributed by atoms with E-state index in [0.717, 1.165) is 39.3 Å². The summed E-state index contributed by atoms with van der Waals surface area (Å²) in [4.78, 5) is 4.70. The van der Waals surface area contributed by atoms with Gasteiger partial charge in [-0.05, 0) is 0 Å². The van der Waals surface area contributed by atoms with Gasteiger partial charge in [-0.3, -0.25) is 0 Å². The molecule has 5 heteroatoms. The molecule has 2 unspecified atom stereocenters. The summed E-state index contributed by atoms with van der Waals surface area (Å²) in [7, 11) is 0. The molecule has 2 atom stereocenters. The predicted molar refractivity (Wildman–Crippen MR) is 76.7 cm³/mol. The fourth-order valence-electron chi connectivity index (χ4n) is 1.85. The van der Waals surface area contributed by atoms with E-state index in [1.807, 2.05) is 0 Å². The summed E-state index contributed by atoms with van der Waals surface area (Å²) >= 11 is 1.24. The van der Waals surface area contributed by atoms with Crippen LogP contribution < -0.4 is 0 Å². The zero-order valence-electron chi connectivity index (χ0n) is 13.4. The molecule has 0 aliphatic rings. The molecule has 0 saturated heterocycles. The van der Waals surface area contributed by atoms with Crippen LogP contribution in [0.1, 0.15) is 41.5 Å². The Morgan fingerprint density at radius 2 is 1.05 bits per heavy atom. The fourth-order valence-corrected chi connectivity index (χ4v) is 2.35. The molecule has 4 nitrogen and oxygen atoms in total. The average Bonchev–Trinajstić information content (AvgIpc) is 2.42. The maximum absolute atomic E-state index is 5.62. The van der Waals surface area contributed by atoms with Crippen molar-refractivity contribution in [3.63, 3.8) is 0 Å². The molecule has 0 aliphatic carbocycles. The number of nitrogens with zero attached hydrogens (tertiary/aromatic N) is 2. The zero-order valence-corrected chi connectivity index (χ0v) is 14.4. The van der Waals surface area contributed by atoms with Gasteiger partial charge in [0.15, 0.2) is 0 Å². The summed E-state index contributed by atoms with van der Waals surface area (Å²) in [6.45, 7) is 19.0. The van der Waals surface area contributed by atoms with Crippen LogP contribution in [-0.4, -0.2) is 61.3 Å². The average molecular weight is 324 g/mol. The summed E-state index contributed by atoms with van der Waals surface area (Å²) in [5.41, 5.74) is 0. The number of hydrogen-bond acceptors (Lipinski definition) is 4. The number of rotatable bonds is 12. The summed E-state index contributed by atoms with van der Waals surface area (Å²) in [5, 5.41) is 0. The normalized spacial score (nSPS) is 15.4. The van der Waals surface area contributed by atoms with Crippen LogP contribution >= 0.6 is 0 Å². The van der Waals surface area contributed by atoms with Gasteiger partial charge in [0.1, 0.15) is 0 Å². The Hall–Kier alpha value is 0.359. The first-order valence-corrected chi connectivity index (χ1v) is 8.18. The predicted octanol–water partition coefficient (Wildman–Crippen LogP) is 2.39. The van der Waals surface area contributed by atoms with Crippen LogP contribution in [0.3, 0.4) is 0 Å². The molecule has 0 aromatic heterocycles. The van der Waals surface area contributed by atoms with Gasteiger partial charge in [0.2, 0.25) is 0 Å². The zero-order chi connectivity index (χ0) is 14.7. The van der Waals surface area contributed by atoms with Gasteiger partial charge >= 0.3 is 126 Å². The molecule has 19 heavy (non-hydrogen) atoms. The van der Waals surface area contributed by atoms with Gasteiger partial charge in [-0.1, -0.05) is 0 Å². The van der Waals surface area contributed by atoms with Crippen molar-refractivity contribution < 1.29 is 23.3 Å². The molecule has 0 fully saturated rings. The van der Waals surface area contributed by atoms with Gasteiger partial charge < -0.3 is 0 Å². The molecular formula is C14H32CuN2O2. The molecule has 0 rings (SSSR count). The standard InChI is InChI=1S/2C7H16NO.Cu/c2*1-4-8(5-2)6-7(3)9;/h2*7H,4-6H2,1-3H3;/q2*-1;+2. The molecule has 0 aliphatic heterocycles. The van der Waals surface area contributed by atoms with Crippen LogP contribution in [0, 0.1) is 0 Å². The first-order valence-electron chi connectivity index (χ1n) is 7.41. The van der Waals surface area contributed by atoms with Crippen LogP contribution in [0.4, 0.5) is 0 Å². The molecule has 0 saturated carbocycles. The van der Waals surface area contributed by atoms with E-state index < -0.39 is 0 Å². The van der Waals surface area contributed by atoms with Crippen molar-refractivity contribution in [2.24, 2.45) is 0 Å². The van der Waals surface area contributed by atoms with E-state index in [0.29, 0.717) is 0 Å². The molecule has 0 aromatic carbocycles. The maximum atomic E-state index is 5.62. The van der Waals surface area contributed by atoms with Crippen molar-refractivity contribution in [2.45, 2.75) is 53.8 Å². The summed E-state index contributed by atoms with van der Waals surface area (Å²) < 4.78 is 11.2. The summed E-state index contributed by atoms with van der Waals surface area (Å²) in [6, 6.07) is 0. The monoisotopic (exact) mass is 323 g/mol. The first-order chi connectivity index (χ1) is 9.07. The molecule has 0 heterocycles. The SMILES string of the molecule is CCN(CC)CC(C)[O][Cu][O]C(C)CN(CC)CC. The molecular weight excluding hydrogens is 292 g/mol. The van der Waals surface area contributed by atoms with Gasteiger partial charge in [0.25, 0.3) is 0 Å². The van der Waals surface area contributed by atoms with Crippen molar-refractivity contribution in [2.75, 3.05) is 39.3 Å². The Balaban J connectivity index is 3.71. The molecule has 0 radical (unpaired) electrons. The molecule has 0 amide bonds. The quantitative estimate of drug-likeness (QED) is 0.515. The van der Waals surface area contributed by atoms with Crippen molar-refractivity contribution in [1.82, 2.24) is 9.80 Å². The Morgan fingerprint density at radius 1 is 0.737 bits per heavy atom. The van der Waals surface area contributed by atoms with Crippen LogP contribution in [-0.2, 0) is 23.3 Å². The van der Waals surface area contributed by atoms with E-state index in [2.05, 4.69) is 51.3 Å².